The van der Waals surface area contributed by atoms with E-state index in [-0.39, 0.29) is 25.0 Å². The van der Waals surface area contributed by atoms with Gasteiger partial charge >= 0.3 is 5.97 Å². The molecule has 0 bridgehead atoms. The predicted molar refractivity (Wildman–Crippen MR) is 142 cm³/mol. The zero-order valence-electron chi connectivity index (χ0n) is 21.7. The summed E-state index contributed by atoms with van der Waals surface area (Å²) in [4.78, 5) is 76.1. The van der Waals surface area contributed by atoms with Crippen LogP contribution in [0.15, 0.2) is 49.3 Å². The molecule has 0 aliphatic carbocycles. The minimum absolute atomic E-state index is 0.0204. The Labute approximate surface area is 233 Å². The average molecular weight is 570 g/mol. The van der Waals surface area contributed by atoms with Gasteiger partial charge in [0.1, 0.15) is 23.9 Å². The monoisotopic (exact) mass is 569 g/mol. The van der Waals surface area contributed by atoms with Gasteiger partial charge in [0.2, 0.25) is 23.6 Å². The highest BCUT2D eigenvalue weighted by Gasteiger charge is 2.32. The first-order chi connectivity index (χ1) is 19.5. The number of aromatic nitrogens is 4. The number of nitrogens with zero attached hydrogens (tertiary/aromatic N) is 2. The molecule has 0 aliphatic heterocycles. The van der Waals surface area contributed by atoms with Crippen LogP contribution in [0.5, 0.6) is 5.75 Å². The van der Waals surface area contributed by atoms with Crippen LogP contribution in [0.2, 0.25) is 0 Å². The molecule has 0 saturated heterocycles. The average Bonchev–Trinajstić information content (AvgIpc) is 3.62. The summed E-state index contributed by atoms with van der Waals surface area (Å²) in [6.45, 7) is 0. The fourth-order valence-electron chi connectivity index (χ4n) is 3.85. The number of nitrogens with one attached hydrogen (secondary N) is 5. The smallest absolute Gasteiger partial charge is 0.326 e. The number of amides is 4. The number of aliphatic carboxylic acids is 1. The second-order valence-electron chi connectivity index (χ2n) is 9.23. The largest absolute Gasteiger partial charge is 0.508 e. The van der Waals surface area contributed by atoms with E-state index < -0.39 is 60.2 Å². The fraction of sp³-hybridized carbons (Fsp3) is 0.320. The Morgan fingerprint density at radius 2 is 1.32 bits per heavy atom. The molecule has 0 saturated carbocycles. The van der Waals surface area contributed by atoms with Crippen LogP contribution in [-0.2, 0) is 43.2 Å². The van der Waals surface area contributed by atoms with Crippen molar-refractivity contribution in [3.8, 4) is 5.75 Å². The van der Waals surface area contributed by atoms with E-state index in [1.165, 1.54) is 49.3 Å². The summed E-state index contributed by atoms with van der Waals surface area (Å²) in [5.41, 5.74) is 12.9. The van der Waals surface area contributed by atoms with E-state index >= 15 is 0 Å². The van der Waals surface area contributed by atoms with Crippen LogP contribution in [0.25, 0.3) is 0 Å². The lowest BCUT2D eigenvalue weighted by molar-refractivity contribution is -0.142. The highest BCUT2D eigenvalue weighted by atomic mass is 16.4. The van der Waals surface area contributed by atoms with Gasteiger partial charge in [-0.3, -0.25) is 19.2 Å². The number of hydrogen-bond acceptors (Lipinski definition) is 9. The number of hydrogen-bond donors (Lipinski definition) is 9. The number of phenols is 1. The van der Waals surface area contributed by atoms with Crippen molar-refractivity contribution in [2.45, 2.75) is 49.9 Å². The number of aromatic amines is 2. The van der Waals surface area contributed by atoms with Gasteiger partial charge in [0.15, 0.2) is 0 Å². The van der Waals surface area contributed by atoms with Crippen molar-refractivity contribution in [1.29, 1.82) is 0 Å². The van der Waals surface area contributed by atoms with Crippen LogP contribution < -0.4 is 27.4 Å². The molecule has 3 aromatic rings. The summed E-state index contributed by atoms with van der Waals surface area (Å²) in [6, 6.07) is 0.406. The number of imidazole rings is 2. The first-order valence-corrected chi connectivity index (χ1v) is 12.4. The van der Waals surface area contributed by atoms with Gasteiger partial charge in [-0.25, -0.2) is 14.8 Å². The van der Waals surface area contributed by atoms with Crippen LogP contribution >= 0.6 is 0 Å². The summed E-state index contributed by atoms with van der Waals surface area (Å²) in [6.07, 6.45) is 4.98. The number of aromatic hydroxyl groups is 1. The Hall–Kier alpha value is -5.25. The highest BCUT2D eigenvalue weighted by Crippen LogP contribution is 2.12. The third kappa shape index (κ3) is 9.47. The van der Waals surface area contributed by atoms with Gasteiger partial charge in [-0.1, -0.05) is 12.1 Å². The molecule has 0 radical (unpaired) electrons. The SMILES string of the molecule is NC(=O)CC(NC(=O)C(Cc1cnc[nH]1)NC(=O)C(N)Cc1cnc[nH]1)C(=O)NC(Cc1ccc(O)cc1)C(=O)O. The number of benzene rings is 1. The molecule has 218 valence electrons. The van der Waals surface area contributed by atoms with E-state index in [9.17, 15) is 34.2 Å². The molecule has 4 atom stereocenters. The van der Waals surface area contributed by atoms with Crippen molar-refractivity contribution < 1.29 is 34.2 Å². The lowest BCUT2D eigenvalue weighted by Crippen LogP contribution is -2.58. The minimum Gasteiger partial charge on any atom is -0.508 e. The topological polar surface area (TPSA) is 271 Å². The summed E-state index contributed by atoms with van der Waals surface area (Å²) in [7, 11) is 0. The molecule has 4 unspecified atom stereocenters. The van der Waals surface area contributed by atoms with Crippen LogP contribution in [0, 0.1) is 0 Å². The minimum atomic E-state index is -1.55. The zero-order valence-corrected chi connectivity index (χ0v) is 21.7. The lowest BCUT2D eigenvalue weighted by atomic mass is 10.0. The summed E-state index contributed by atoms with van der Waals surface area (Å²) < 4.78 is 0. The number of carboxylic acids is 1. The molecule has 1 aromatic carbocycles. The van der Waals surface area contributed by atoms with Gasteiger partial charge in [0.25, 0.3) is 0 Å². The number of primary amides is 1. The molecular weight excluding hydrogens is 538 g/mol. The van der Waals surface area contributed by atoms with Crippen molar-refractivity contribution in [1.82, 2.24) is 35.9 Å². The number of nitrogens with two attached hydrogens (primary N) is 2. The van der Waals surface area contributed by atoms with E-state index in [2.05, 4.69) is 35.9 Å². The van der Waals surface area contributed by atoms with Crippen molar-refractivity contribution in [3.63, 3.8) is 0 Å². The van der Waals surface area contributed by atoms with E-state index in [1.807, 2.05) is 0 Å². The normalized spacial score (nSPS) is 13.8. The predicted octanol–water partition coefficient (Wildman–Crippen LogP) is -2.39. The molecule has 16 nitrogen and oxygen atoms in total. The third-order valence-electron chi connectivity index (χ3n) is 5.97. The standard InChI is InChI=1S/C25H31N9O7/c26-17(6-14-9-28-11-30-14)22(37)32-18(7-15-10-29-12-31-15)23(38)33-19(8-21(27)36)24(39)34-20(25(40)41)5-13-1-3-16(35)4-2-13/h1-4,9-12,17-20,35H,5-8,26H2,(H2,27,36)(H,28,30)(H,29,31)(H,32,37)(H,33,38)(H,34,39)(H,40,41). The van der Waals surface area contributed by atoms with E-state index in [0.717, 1.165) is 0 Å². The first-order valence-electron chi connectivity index (χ1n) is 12.4. The quantitative estimate of drug-likeness (QED) is 0.0936. The van der Waals surface area contributed by atoms with Gasteiger partial charge in [0, 0.05) is 43.0 Å². The van der Waals surface area contributed by atoms with Gasteiger partial charge < -0.3 is 47.6 Å². The van der Waals surface area contributed by atoms with Crippen LogP contribution in [0.3, 0.4) is 0 Å². The first kappa shape index (κ1) is 30.3. The van der Waals surface area contributed by atoms with Crippen LogP contribution in [0.1, 0.15) is 23.4 Å². The summed E-state index contributed by atoms with van der Waals surface area (Å²) in [5.74, 6) is -4.83. The van der Waals surface area contributed by atoms with Gasteiger partial charge in [-0.15, -0.1) is 0 Å². The molecule has 41 heavy (non-hydrogen) atoms. The molecular formula is C25H31N9O7. The Kier molecular flexibility index (Phi) is 10.5. The molecule has 11 N–H and O–H groups in total. The van der Waals surface area contributed by atoms with E-state index in [0.29, 0.717) is 17.0 Å². The molecule has 0 spiro atoms. The molecule has 3 rings (SSSR count). The maximum atomic E-state index is 13.3. The number of carbonyl (C=O) groups is 5. The number of phenolic OH excluding ortho intramolecular Hbond substituents is 1. The molecule has 4 amide bonds. The van der Waals surface area contributed by atoms with Crippen molar-refractivity contribution in [2.75, 3.05) is 0 Å². The van der Waals surface area contributed by atoms with Gasteiger partial charge in [0.05, 0.1) is 25.1 Å². The number of H-pyrrole nitrogens is 2. The fourth-order valence-corrected chi connectivity index (χ4v) is 3.85. The Morgan fingerprint density at radius 3 is 1.85 bits per heavy atom. The molecule has 0 fully saturated rings. The van der Waals surface area contributed by atoms with Crippen molar-refractivity contribution in [3.05, 3.63) is 66.3 Å². The highest BCUT2D eigenvalue weighted by molar-refractivity contribution is 5.96. The van der Waals surface area contributed by atoms with Crippen molar-refractivity contribution >= 4 is 29.6 Å². The van der Waals surface area contributed by atoms with Gasteiger partial charge in [-0.2, -0.15) is 0 Å². The lowest BCUT2D eigenvalue weighted by Gasteiger charge is -2.24. The van der Waals surface area contributed by atoms with Crippen LogP contribution in [-0.4, -0.2) is 83.9 Å². The van der Waals surface area contributed by atoms with E-state index in [1.54, 1.807) is 0 Å². The third-order valence-corrected chi connectivity index (χ3v) is 5.97. The second kappa shape index (κ2) is 14.2. The maximum Gasteiger partial charge on any atom is 0.326 e. The molecule has 2 aromatic heterocycles. The number of carboxylic acid groups (broad SMARTS) is 1. The maximum absolute atomic E-state index is 13.3. The Bertz CT molecular complexity index is 1330. The molecule has 0 aliphatic rings. The molecule has 2 heterocycles. The Balaban J connectivity index is 1.73. The van der Waals surface area contributed by atoms with Gasteiger partial charge in [-0.05, 0) is 17.7 Å². The van der Waals surface area contributed by atoms with E-state index in [4.69, 9.17) is 11.5 Å². The molecule has 16 heteroatoms. The zero-order chi connectivity index (χ0) is 29.9. The summed E-state index contributed by atoms with van der Waals surface area (Å²) >= 11 is 0. The number of carbonyl (C=O) groups excluding carboxylic acids is 4. The second-order valence-corrected chi connectivity index (χ2v) is 9.23. The summed E-state index contributed by atoms with van der Waals surface area (Å²) in [5, 5.41) is 26.3. The number of rotatable bonds is 15. The van der Waals surface area contributed by atoms with Crippen molar-refractivity contribution in [2.24, 2.45) is 11.5 Å². The Morgan fingerprint density at radius 1 is 0.780 bits per heavy atom. The van der Waals surface area contributed by atoms with Crippen LogP contribution in [0.4, 0.5) is 0 Å².